The highest BCUT2D eigenvalue weighted by Gasteiger charge is 2.18. The average molecular weight is 271 g/mol. The molecule has 1 saturated heterocycles. The van der Waals surface area contributed by atoms with Crippen molar-refractivity contribution in [2.24, 2.45) is 0 Å². The second-order valence-electron chi connectivity index (χ2n) is 5.03. The fourth-order valence-electron chi connectivity index (χ4n) is 2.27. The smallest absolute Gasteiger partial charge is 0.255 e. The molecule has 4 nitrogen and oxygen atoms in total. The summed E-state index contributed by atoms with van der Waals surface area (Å²) < 4.78 is 7.38. The van der Waals surface area contributed by atoms with Gasteiger partial charge in [-0.3, -0.25) is 9.36 Å². The molecule has 0 N–H and O–H groups in total. The molecule has 0 aliphatic carbocycles. The third-order valence-corrected chi connectivity index (χ3v) is 3.38. The maximum Gasteiger partial charge on any atom is 0.255 e. The molecule has 1 aliphatic heterocycles. The van der Waals surface area contributed by atoms with Gasteiger partial charge in [-0.15, -0.1) is 0 Å². The molecule has 5 heteroatoms. The monoisotopic (exact) mass is 270 g/mol. The largest absolute Gasteiger partial charge is 0.376 e. The van der Waals surface area contributed by atoms with Gasteiger partial charge in [-0.2, -0.15) is 0 Å². The Morgan fingerprint density at radius 2 is 2.33 bits per heavy atom. The predicted molar refractivity (Wildman–Crippen MR) is 71.2 cm³/mol. The van der Waals surface area contributed by atoms with Gasteiger partial charge in [-0.05, 0) is 19.3 Å². The molecule has 1 unspecified atom stereocenters. The van der Waals surface area contributed by atoms with Crippen LogP contribution >= 0.6 is 11.6 Å². The summed E-state index contributed by atoms with van der Waals surface area (Å²) in [5.74, 6) is 0.904. The molecule has 1 aromatic rings. The minimum absolute atomic E-state index is 0.0899. The van der Waals surface area contributed by atoms with Crippen LogP contribution in [0.2, 0.25) is 5.15 Å². The minimum Gasteiger partial charge on any atom is -0.376 e. The second kappa shape index (κ2) is 5.85. The fourth-order valence-corrected chi connectivity index (χ4v) is 2.45. The van der Waals surface area contributed by atoms with Crippen LogP contribution in [-0.4, -0.2) is 22.3 Å². The lowest BCUT2D eigenvalue weighted by molar-refractivity contribution is 0.00465. The molecule has 0 bridgehead atoms. The van der Waals surface area contributed by atoms with E-state index in [2.05, 4.69) is 4.98 Å². The lowest BCUT2D eigenvalue weighted by atomic mass is 10.1. The van der Waals surface area contributed by atoms with Gasteiger partial charge in [0.2, 0.25) is 0 Å². The van der Waals surface area contributed by atoms with E-state index in [4.69, 9.17) is 16.3 Å². The Kier molecular flexibility index (Phi) is 4.40. The lowest BCUT2D eigenvalue weighted by Crippen LogP contribution is -2.33. The van der Waals surface area contributed by atoms with Gasteiger partial charge >= 0.3 is 0 Å². The summed E-state index contributed by atoms with van der Waals surface area (Å²) in [6.45, 7) is 5.39. The highest BCUT2D eigenvalue weighted by atomic mass is 35.5. The Bertz CT molecular complexity index is 465. The molecule has 18 heavy (non-hydrogen) atoms. The first kappa shape index (κ1) is 13.6. The van der Waals surface area contributed by atoms with Crippen LogP contribution in [0, 0.1) is 0 Å². The summed E-state index contributed by atoms with van der Waals surface area (Å²) in [4.78, 5) is 16.3. The van der Waals surface area contributed by atoms with Gasteiger partial charge < -0.3 is 4.74 Å². The van der Waals surface area contributed by atoms with Crippen molar-refractivity contribution < 1.29 is 4.74 Å². The SMILES string of the molecule is CC(C)c1nc(Cl)cc(=O)n1CC1CCCCO1. The third-order valence-electron chi connectivity index (χ3n) is 3.18. The van der Waals surface area contributed by atoms with Crippen molar-refractivity contribution in [3.05, 3.63) is 27.4 Å². The van der Waals surface area contributed by atoms with E-state index in [1.54, 1.807) is 4.57 Å². The van der Waals surface area contributed by atoms with Crippen LogP contribution in [0.15, 0.2) is 10.9 Å². The molecule has 0 spiro atoms. The molecular weight excluding hydrogens is 252 g/mol. The summed E-state index contributed by atoms with van der Waals surface area (Å²) in [6.07, 6.45) is 3.41. The van der Waals surface area contributed by atoms with Crippen LogP contribution in [-0.2, 0) is 11.3 Å². The van der Waals surface area contributed by atoms with Gasteiger partial charge in [0.25, 0.3) is 5.56 Å². The Labute approximate surface area is 112 Å². The Morgan fingerprint density at radius 3 is 2.94 bits per heavy atom. The average Bonchev–Trinajstić information content (AvgIpc) is 2.33. The van der Waals surface area contributed by atoms with E-state index < -0.39 is 0 Å². The molecule has 1 aromatic heterocycles. The number of hydrogen-bond donors (Lipinski definition) is 0. The standard InChI is InChI=1S/C13H19ClN2O2/c1-9(2)13-15-11(14)7-12(17)16(13)8-10-5-3-4-6-18-10/h7,9-10H,3-6,8H2,1-2H3. The van der Waals surface area contributed by atoms with E-state index in [1.807, 2.05) is 13.8 Å². The van der Waals surface area contributed by atoms with E-state index in [9.17, 15) is 4.79 Å². The van der Waals surface area contributed by atoms with E-state index in [-0.39, 0.29) is 22.7 Å². The van der Waals surface area contributed by atoms with Gasteiger partial charge in [-0.25, -0.2) is 4.98 Å². The number of nitrogens with zero attached hydrogens (tertiary/aromatic N) is 2. The van der Waals surface area contributed by atoms with Crippen molar-refractivity contribution in [3.8, 4) is 0 Å². The summed E-state index contributed by atoms with van der Waals surface area (Å²) in [5.41, 5.74) is -0.0899. The zero-order valence-electron chi connectivity index (χ0n) is 10.9. The van der Waals surface area contributed by atoms with Crippen molar-refractivity contribution in [1.29, 1.82) is 0 Å². The molecule has 100 valence electrons. The molecule has 2 heterocycles. The first-order chi connectivity index (χ1) is 8.58. The molecular formula is C13H19ClN2O2. The molecule has 1 aliphatic rings. The zero-order chi connectivity index (χ0) is 13.1. The van der Waals surface area contributed by atoms with Gasteiger partial charge in [0.05, 0.1) is 12.6 Å². The number of aromatic nitrogens is 2. The predicted octanol–water partition coefficient (Wildman–Crippen LogP) is 2.59. The molecule has 0 amide bonds. The number of halogens is 1. The van der Waals surface area contributed by atoms with Gasteiger partial charge in [0.1, 0.15) is 11.0 Å². The maximum atomic E-state index is 12.0. The maximum absolute atomic E-state index is 12.0. The number of ether oxygens (including phenoxy) is 1. The summed E-state index contributed by atoms with van der Waals surface area (Å²) in [5, 5.41) is 0.268. The summed E-state index contributed by atoms with van der Waals surface area (Å²) >= 11 is 5.85. The van der Waals surface area contributed by atoms with Crippen LogP contribution in [0.3, 0.4) is 0 Å². The molecule has 1 fully saturated rings. The van der Waals surface area contributed by atoms with Gasteiger partial charge in [0, 0.05) is 18.6 Å². The van der Waals surface area contributed by atoms with Crippen molar-refractivity contribution >= 4 is 11.6 Å². The third kappa shape index (κ3) is 3.12. The zero-order valence-corrected chi connectivity index (χ0v) is 11.6. The number of rotatable bonds is 3. The fraction of sp³-hybridized carbons (Fsp3) is 0.692. The summed E-state index contributed by atoms with van der Waals surface area (Å²) in [6, 6.07) is 1.37. The summed E-state index contributed by atoms with van der Waals surface area (Å²) in [7, 11) is 0. The van der Waals surface area contributed by atoms with E-state index in [0.29, 0.717) is 6.54 Å². The lowest BCUT2D eigenvalue weighted by Gasteiger charge is -2.25. The van der Waals surface area contributed by atoms with E-state index in [0.717, 1.165) is 31.7 Å². The molecule has 0 radical (unpaired) electrons. The van der Waals surface area contributed by atoms with E-state index >= 15 is 0 Å². The van der Waals surface area contributed by atoms with Crippen molar-refractivity contribution in [1.82, 2.24) is 9.55 Å². The Morgan fingerprint density at radius 1 is 1.56 bits per heavy atom. The highest BCUT2D eigenvalue weighted by molar-refractivity contribution is 6.29. The topological polar surface area (TPSA) is 44.1 Å². The van der Waals surface area contributed by atoms with Gasteiger partial charge in [0.15, 0.2) is 0 Å². The Hall–Kier alpha value is -0.870. The number of hydrogen-bond acceptors (Lipinski definition) is 3. The van der Waals surface area contributed by atoms with Crippen LogP contribution in [0.5, 0.6) is 0 Å². The molecule has 2 rings (SSSR count). The molecule has 1 atom stereocenters. The van der Waals surface area contributed by atoms with E-state index in [1.165, 1.54) is 6.07 Å². The highest BCUT2D eigenvalue weighted by Crippen LogP contribution is 2.17. The molecule has 0 aromatic carbocycles. The normalized spacial score (nSPS) is 20.3. The first-order valence-electron chi connectivity index (χ1n) is 6.47. The van der Waals surface area contributed by atoms with Crippen molar-refractivity contribution in [2.45, 2.75) is 51.7 Å². The first-order valence-corrected chi connectivity index (χ1v) is 6.84. The van der Waals surface area contributed by atoms with Crippen LogP contribution in [0.4, 0.5) is 0 Å². The van der Waals surface area contributed by atoms with Crippen molar-refractivity contribution in [2.75, 3.05) is 6.61 Å². The quantitative estimate of drug-likeness (QED) is 0.793. The van der Waals surface area contributed by atoms with Crippen LogP contribution in [0.1, 0.15) is 44.9 Å². The minimum atomic E-state index is -0.0899. The second-order valence-corrected chi connectivity index (χ2v) is 5.42. The van der Waals surface area contributed by atoms with Crippen LogP contribution in [0.25, 0.3) is 0 Å². The van der Waals surface area contributed by atoms with Crippen LogP contribution < -0.4 is 5.56 Å². The molecule has 0 saturated carbocycles. The van der Waals surface area contributed by atoms with Gasteiger partial charge in [-0.1, -0.05) is 25.4 Å². The van der Waals surface area contributed by atoms with Crippen molar-refractivity contribution in [3.63, 3.8) is 0 Å². The Balaban J connectivity index is 2.27.